The van der Waals surface area contributed by atoms with Crippen molar-refractivity contribution >= 4 is 5.91 Å². The molecule has 0 spiro atoms. The molecule has 1 aromatic carbocycles. The van der Waals surface area contributed by atoms with Gasteiger partial charge in [-0.15, -0.1) is 0 Å². The molecule has 1 rings (SSSR count). The van der Waals surface area contributed by atoms with Gasteiger partial charge in [0.25, 0.3) is 0 Å². The summed E-state index contributed by atoms with van der Waals surface area (Å²) in [4.78, 5) is 13.4. The summed E-state index contributed by atoms with van der Waals surface area (Å²) in [5.41, 5.74) is 12.6. The number of carbonyl (C=O) groups is 1. The molecule has 0 aliphatic rings. The van der Waals surface area contributed by atoms with Gasteiger partial charge in [0.15, 0.2) is 0 Å². The van der Waals surface area contributed by atoms with E-state index in [0.717, 1.165) is 12.1 Å². The van der Waals surface area contributed by atoms with Gasteiger partial charge in [0.2, 0.25) is 5.91 Å². The highest BCUT2D eigenvalue weighted by Crippen LogP contribution is 2.24. The molecule has 106 valence electrons. The largest absolute Gasteiger partial charge is 0.369 e. The maximum Gasteiger partial charge on any atom is 0.231 e. The Balaban J connectivity index is 3.01. The Bertz CT molecular complexity index is 390. The fourth-order valence-electron chi connectivity index (χ4n) is 2.44. The van der Waals surface area contributed by atoms with Crippen molar-refractivity contribution in [3.05, 3.63) is 35.9 Å². The predicted octanol–water partition coefficient (Wildman–Crippen LogP) is 1.52. The molecule has 0 heterocycles. The maximum absolute atomic E-state index is 11.3. The summed E-state index contributed by atoms with van der Waals surface area (Å²) in [5.74, 6) is 0.131. The van der Waals surface area contributed by atoms with E-state index < -0.39 is 0 Å². The lowest BCUT2D eigenvalue weighted by molar-refractivity contribution is -0.120. The average molecular weight is 263 g/mol. The summed E-state index contributed by atoms with van der Waals surface area (Å²) >= 11 is 0. The van der Waals surface area contributed by atoms with Crippen LogP contribution >= 0.6 is 0 Å². The van der Waals surface area contributed by atoms with Gasteiger partial charge in [0.1, 0.15) is 0 Å². The van der Waals surface area contributed by atoms with Gasteiger partial charge < -0.3 is 11.5 Å². The second kappa shape index (κ2) is 7.26. The minimum absolute atomic E-state index is 0.0103. The number of amides is 1. The number of nitrogens with two attached hydrogens (primary N) is 2. The summed E-state index contributed by atoms with van der Waals surface area (Å²) in [6.45, 7) is 7.24. The molecule has 19 heavy (non-hydrogen) atoms. The van der Waals surface area contributed by atoms with Crippen LogP contribution < -0.4 is 11.5 Å². The topological polar surface area (TPSA) is 72.3 Å². The van der Waals surface area contributed by atoms with Gasteiger partial charge in [-0.3, -0.25) is 9.69 Å². The standard InChI is InChI=1S/C15H25N3O/c1-11(2)9-18(10-14(17)19)15(12(3)16)13-7-5-4-6-8-13/h4-8,11-12,15H,9-10,16H2,1-3H3,(H2,17,19). The summed E-state index contributed by atoms with van der Waals surface area (Å²) in [5, 5.41) is 0. The molecular formula is C15H25N3O. The molecule has 4 heteroatoms. The van der Waals surface area contributed by atoms with Crippen LogP contribution in [0.1, 0.15) is 32.4 Å². The van der Waals surface area contributed by atoms with Crippen LogP contribution in [0.25, 0.3) is 0 Å². The molecule has 0 radical (unpaired) electrons. The first-order chi connectivity index (χ1) is 8.91. The van der Waals surface area contributed by atoms with Gasteiger partial charge >= 0.3 is 0 Å². The Labute approximate surface area is 115 Å². The van der Waals surface area contributed by atoms with Crippen LogP contribution in [0.4, 0.5) is 0 Å². The molecule has 1 amide bonds. The van der Waals surface area contributed by atoms with Gasteiger partial charge in [-0.05, 0) is 18.4 Å². The normalized spacial score (nSPS) is 14.6. The highest BCUT2D eigenvalue weighted by atomic mass is 16.1. The number of rotatable bonds is 7. The minimum Gasteiger partial charge on any atom is -0.369 e. The number of benzene rings is 1. The van der Waals surface area contributed by atoms with Crippen LogP contribution in [0, 0.1) is 5.92 Å². The van der Waals surface area contributed by atoms with Crippen molar-refractivity contribution in [1.29, 1.82) is 0 Å². The number of hydrogen-bond donors (Lipinski definition) is 2. The Morgan fingerprint density at radius 1 is 1.21 bits per heavy atom. The SMILES string of the molecule is CC(C)CN(CC(N)=O)C(c1ccccc1)C(C)N. The maximum atomic E-state index is 11.3. The summed E-state index contributed by atoms with van der Waals surface area (Å²) in [7, 11) is 0. The zero-order chi connectivity index (χ0) is 14.4. The first-order valence-electron chi connectivity index (χ1n) is 6.74. The van der Waals surface area contributed by atoms with E-state index in [-0.39, 0.29) is 24.5 Å². The van der Waals surface area contributed by atoms with E-state index in [1.807, 2.05) is 37.3 Å². The van der Waals surface area contributed by atoms with Crippen molar-refractivity contribution in [3.8, 4) is 0 Å². The molecule has 4 N–H and O–H groups in total. The Morgan fingerprint density at radius 3 is 2.21 bits per heavy atom. The van der Waals surface area contributed by atoms with Gasteiger partial charge in [-0.25, -0.2) is 0 Å². The molecule has 0 aromatic heterocycles. The highest BCUT2D eigenvalue weighted by molar-refractivity contribution is 5.76. The van der Waals surface area contributed by atoms with E-state index in [4.69, 9.17) is 11.5 Å². The lowest BCUT2D eigenvalue weighted by atomic mass is 9.98. The van der Waals surface area contributed by atoms with E-state index in [0.29, 0.717) is 5.92 Å². The van der Waals surface area contributed by atoms with Crippen LogP contribution in [0.3, 0.4) is 0 Å². The third kappa shape index (κ3) is 5.01. The minimum atomic E-state index is -0.317. The van der Waals surface area contributed by atoms with E-state index in [1.54, 1.807) is 0 Å². The first kappa shape index (κ1) is 15.7. The number of hydrogen-bond acceptors (Lipinski definition) is 3. The zero-order valence-electron chi connectivity index (χ0n) is 12.0. The highest BCUT2D eigenvalue weighted by Gasteiger charge is 2.25. The average Bonchev–Trinajstić information content (AvgIpc) is 2.28. The summed E-state index contributed by atoms with van der Waals surface area (Å²) in [6.07, 6.45) is 0. The monoisotopic (exact) mass is 263 g/mol. The number of nitrogens with zero attached hydrogens (tertiary/aromatic N) is 1. The predicted molar refractivity (Wildman–Crippen MR) is 78.4 cm³/mol. The van der Waals surface area contributed by atoms with Gasteiger partial charge in [0.05, 0.1) is 12.6 Å². The van der Waals surface area contributed by atoms with E-state index in [2.05, 4.69) is 18.7 Å². The molecule has 0 bridgehead atoms. The van der Waals surface area contributed by atoms with Crippen molar-refractivity contribution in [2.45, 2.75) is 32.9 Å². The molecule has 1 aromatic rings. The molecule has 0 aliphatic heterocycles. The third-order valence-corrected chi connectivity index (χ3v) is 2.99. The van der Waals surface area contributed by atoms with Crippen LogP contribution in [0.2, 0.25) is 0 Å². The zero-order valence-corrected chi connectivity index (χ0v) is 12.0. The van der Waals surface area contributed by atoms with Crippen LogP contribution in [-0.2, 0) is 4.79 Å². The van der Waals surface area contributed by atoms with Gasteiger partial charge in [-0.2, -0.15) is 0 Å². The number of carbonyl (C=O) groups excluding carboxylic acids is 1. The first-order valence-corrected chi connectivity index (χ1v) is 6.74. The molecule has 4 nitrogen and oxygen atoms in total. The number of primary amides is 1. The molecule has 0 fully saturated rings. The second-order valence-corrected chi connectivity index (χ2v) is 5.50. The van der Waals surface area contributed by atoms with Crippen molar-refractivity contribution in [2.24, 2.45) is 17.4 Å². The fraction of sp³-hybridized carbons (Fsp3) is 0.533. The second-order valence-electron chi connectivity index (χ2n) is 5.50. The summed E-state index contributed by atoms with van der Waals surface area (Å²) in [6, 6.07) is 9.98. The van der Waals surface area contributed by atoms with Crippen LogP contribution in [0.5, 0.6) is 0 Å². The molecule has 2 atom stereocenters. The van der Waals surface area contributed by atoms with Gasteiger partial charge in [-0.1, -0.05) is 44.2 Å². The fourth-order valence-corrected chi connectivity index (χ4v) is 2.44. The van der Waals surface area contributed by atoms with Crippen LogP contribution in [-0.4, -0.2) is 29.9 Å². The lowest BCUT2D eigenvalue weighted by Crippen LogP contribution is -2.45. The van der Waals surface area contributed by atoms with Crippen LogP contribution in [0.15, 0.2) is 30.3 Å². The third-order valence-electron chi connectivity index (χ3n) is 2.99. The van der Waals surface area contributed by atoms with Crippen molar-refractivity contribution in [2.75, 3.05) is 13.1 Å². The van der Waals surface area contributed by atoms with E-state index >= 15 is 0 Å². The smallest absolute Gasteiger partial charge is 0.231 e. The molecule has 0 saturated carbocycles. The Kier molecular flexibility index (Phi) is 5.99. The lowest BCUT2D eigenvalue weighted by Gasteiger charge is -2.35. The molecule has 0 aliphatic carbocycles. The van der Waals surface area contributed by atoms with Gasteiger partial charge in [0, 0.05) is 12.6 Å². The van der Waals surface area contributed by atoms with Crippen molar-refractivity contribution in [3.63, 3.8) is 0 Å². The van der Waals surface area contributed by atoms with Crippen molar-refractivity contribution < 1.29 is 4.79 Å². The molecular weight excluding hydrogens is 238 g/mol. The molecule has 0 saturated heterocycles. The van der Waals surface area contributed by atoms with E-state index in [1.165, 1.54) is 0 Å². The van der Waals surface area contributed by atoms with E-state index in [9.17, 15) is 4.79 Å². The van der Waals surface area contributed by atoms with Crippen molar-refractivity contribution in [1.82, 2.24) is 4.90 Å². The Morgan fingerprint density at radius 2 is 1.79 bits per heavy atom. The Hall–Kier alpha value is -1.39. The quantitative estimate of drug-likeness (QED) is 0.783. The molecule has 2 unspecified atom stereocenters. The summed E-state index contributed by atoms with van der Waals surface area (Å²) < 4.78 is 0.